The minimum atomic E-state index is -0.583. The summed E-state index contributed by atoms with van der Waals surface area (Å²) >= 11 is 0. The summed E-state index contributed by atoms with van der Waals surface area (Å²) < 4.78 is 4.79. The van der Waals surface area contributed by atoms with Gasteiger partial charge in [-0.1, -0.05) is 0 Å². The predicted molar refractivity (Wildman–Crippen MR) is 68.1 cm³/mol. The van der Waals surface area contributed by atoms with Gasteiger partial charge in [0, 0.05) is 20.2 Å². The number of rotatable bonds is 5. The van der Waals surface area contributed by atoms with E-state index < -0.39 is 11.8 Å². The first-order chi connectivity index (χ1) is 8.63. The molecule has 104 valence electrons. The second kappa shape index (κ2) is 8.05. The number of amides is 2. The second-order valence-corrected chi connectivity index (χ2v) is 4.71. The number of methoxy groups -OCH3 is 1. The zero-order valence-electron chi connectivity index (χ0n) is 11.2. The van der Waals surface area contributed by atoms with Gasteiger partial charge in [0.15, 0.2) is 0 Å². The van der Waals surface area contributed by atoms with Crippen LogP contribution in [0.2, 0.25) is 0 Å². The van der Waals surface area contributed by atoms with Crippen LogP contribution in [0.15, 0.2) is 0 Å². The molecular formula is C12H23N3O3. The van der Waals surface area contributed by atoms with E-state index in [4.69, 9.17) is 4.74 Å². The quantitative estimate of drug-likeness (QED) is 0.500. The van der Waals surface area contributed by atoms with Gasteiger partial charge in [-0.2, -0.15) is 0 Å². The molecule has 0 bridgehead atoms. The van der Waals surface area contributed by atoms with E-state index in [0.717, 1.165) is 25.9 Å². The van der Waals surface area contributed by atoms with Gasteiger partial charge in [0.1, 0.15) is 0 Å². The number of likely N-dealkylation sites (tertiary alicyclic amines) is 1. The van der Waals surface area contributed by atoms with Crippen molar-refractivity contribution >= 4 is 11.8 Å². The molecule has 1 fully saturated rings. The second-order valence-electron chi connectivity index (χ2n) is 4.71. The average Bonchev–Trinajstić information content (AvgIpc) is 2.38. The van der Waals surface area contributed by atoms with Crippen LogP contribution in [0, 0.1) is 5.92 Å². The number of piperidine rings is 1. The molecule has 6 nitrogen and oxygen atoms in total. The molecule has 2 amide bonds. The Morgan fingerprint density at radius 2 is 1.83 bits per heavy atom. The van der Waals surface area contributed by atoms with Crippen LogP contribution in [-0.4, -0.2) is 63.7 Å². The summed E-state index contributed by atoms with van der Waals surface area (Å²) in [4.78, 5) is 25.1. The van der Waals surface area contributed by atoms with Crippen LogP contribution < -0.4 is 10.6 Å². The Kier molecular flexibility index (Phi) is 6.67. The maximum absolute atomic E-state index is 11.5. The Morgan fingerprint density at radius 1 is 1.22 bits per heavy atom. The van der Waals surface area contributed by atoms with E-state index in [1.54, 1.807) is 7.11 Å². The molecule has 1 aliphatic rings. The number of nitrogens with zero attached hydrogens (tertiary/aromatic N) is 1. The first-order valence-corrected chi connectivity index (χ1v) is 6.37. The highest BCUT2D eigenvalue weighted by Gasteiger charge is 2.19. The maximum atomic E-state index is 11.5. The van der Waals surface area contributed by atoms with E-state index in [1.165, 1.54) is 0 Å². The van der Waals surface area contributed by atoms with Gasteiger partial charge in [-0.25, -0.2) is 0 Å². The van der Waals surface area contributed by atoms with Crippen molar-refractivity contribution in [1.29, 1.82) is 0 Å². The Bertz CT molecular complexity index is 276. The van der Waals surface area contributed by atoms with Gasteiger partial charge < -0.3 is 20.3 Å². The number of hydrogen-bond donors (Lipinski definition) is 2. The largest absolute Gasteiger partial charge is 0.383 e. The Morgan fingerprint density at radius 3 is 2.44 bits per heavy atom. The molecule has 2 N–H and O–H groups in total. The SMILES string of the molecule is COCCNC(=O)C(=O)NCC1CCN(C)CC1. The van der Waals surface area contributed by atoms with E-state index in [0.29, 0.717) is 25.6 Å². The van der Waals surface area contributed by atoms with Crippen molar-refractivity contribution in [3.05, 3.63) is 0 Å². The van der Waals surface area contributed by atoms with Gasteiger partial charge in [-0.3, -0.25) is 9.59 Å². The van der Waals surface area contributed by atoms with Crippen molar-refractivity contribution < 1.29 is 14.3 Å². The van der Waals surface area contributed by atoms with E-state index >= 15 is 0 Å². The van der Waals surface area contributed by atoms with Crippen molar-refractivity contribution in [1.82, 2.24) is 15.5 Å². The van der Waals surface area contributed by atoms with Gasteiger partial charge in [-0.05, 0) is 38.9 Å². The van der Waals surface area contributed by atoms with Crippen LogP contribution in [-0.2, 0) is 14.3 Å². The number of carbonyl (C=O) groups excluding carboxylic acids is 2. The fourth-order valence-electron chi connectivity index (χ4n) is 1.93. The minimum Gasteiger partial charge on any atom is -0.383 e. The molecule has 0 atom stereocenters. The summed E-state index contributed by atoms with van der Waals surface area (Å²) in [5.41, 5.74) is 0. The van der Waals surface area contributed by atoms with E-state index in [2.05, 4.69) is 22.6 Å². The lowest BCUT2D eigenvalue weighted by Gasteiger charge is -2.28. The highest BCUT2D eigenvalue weighted by molar-refractivity contribution is 6.35. The fraction of sp³-hybridized carbons (Fsp3) is 0.833. The Labute approximate surface area is 108 Å². The van der Waals surface area contributed by atoms with Crippen molar-refractivity contribution in [3.8, 4) is 0 Å². The van der Waals surface area contributed by atoms with Gasteiger partial charge in [0.2, 0.25) is 0 Å². The normalized spacial score (nSPS) is 17.4. The highest BCUT2D eigenvalue weighted by atomic mass is 16.5. The predicted octanol–water partition coefficient (Wildman–Crippen LogP) is -0.793. The third kappa shape index (κ3) is 5.46. The van der Waals surface area contributed by atoms with Crippen LogP contribution in [0.1, 0.15) is 12.8 Å². The zero-order chi connectivity index (χ0) is 13.4. The summed E-state index contributed by atoms with van der Waals surface area (Å²) in [6.45, 7) is 3.47. The summed E-state index contributed by atoms with van der Waals surface area (Å²) in [6.07, 6.45) is 2.14. The molecule has 0 aromatic heterocycles. The molecule has 1 saturated heterocycles. The average molecular weight is 257 g/mol. The van der Waals surface area contributed by atoms with E-state index in [1.807, 2.05) is 0 Å². The maximum Gasteiger partial charge on any atom is 0.309 e. The Hall–Kier alpha value is -1.14. The van der Waals surface area contributed by atoms with Gasteiger partial charge in [-0.15, -0.1) is 0 Å². The molecule has 0 aromatic carbocycles. The number of hydrogen-bond acceptors (Lipinski definition) is 4. The molecule has 1 rings (SSSR count). The summed E-state index contributed by atoms with van der Waals surface area (Å²) in [6, 6.07) is 0. The van der Waals surface area contributed by atoms with Crippen LogP contribution in [0.5, 0.6) is 0 Å². The van der Waals surface area contributed by atoms with Crippen LogP contribution in [0.3, 0.4) is 0 Å². The van der Waals surface area contributed by atoms with Gasteiger partial charge in [0.25, 0.3) is 0 Å². The summed E-state index contributed by atoms with van der Waals surface area (Å²) in [7, 11) is 3.64. The zero-order valence-corrected chi connectivity index (χ0v) is 11.2. The molecule has 1 aliphatic heterocycles. The molecule has 0 aromatic rings. The van der Waals surface area contributed by atoms with Crippen molar-refractivity contribution in [2.45, 2.75) is 12.8 Å². The molecular weight excluding hydrogens is 234 g/mol. The lowest BCUT2D eigenvalue weighted by Crippen LogP contribution is -2.44. The van der Waals surface area contributed by atoms with E-state index in [9.17, 15) is 9.59 Å². The summed E-state index contributed by atoms with van der Waals surface area (Å²) in [5, 5.41) is 5.18. The van der Waals surface area contributed by atoms with Gasteiger partial charge in [0.05, 0.1) is 6.61 Å². The molecule has 0 unspecified atom stereocenters. The van der Waals surface area contributed by atoms with Gasteiger partial charge >= 0.3 is 11.8 Å². The standard InChI is InChI=1S/C12H23N3O3/c1-15-6-3-10(4-7-15)9-14-12(17)11(16)13-5-8-18-2/h10H,3-9H2,1-2H3,(H,13,16)(H,14,17). The van der Waals surface area contributed by atoms with E-state index in [-0.39, 0.29) is 0 Å². The minimum absolute atomic E-state index is 0.358. The molecule has 0 saturated carbocycles. The summed E-state index contributed by atoms with van der Waals surface area (Å²) in [5.74, 6) is -0.651. The van der Waals surface area contributed by atoms with Crippen LogP contribution in [0.4, 0.5) is 0 Å². The van der Waals surface area contributed by atoms with Crippen LogP contribution >= 0.6 is 0 Å². The Balaban J connectivity index is 2.14. The third-order valence-corrected chi connectivity index (χ3v) is 3.19. The number of carbonyl (C=O) groups is 2. The number of nitrogens with one attached hydrogen (secondary N) is 2. The van der Waals surface area contributed by atoms with Crippen molar-refractivity contribution in [2.75, 3.05) is 46.9 Å². The lowest BCUT2D eigenvalue weighted by atomic mass is 9.97. The smallest absolute Gasteiger partial charge is 0.309 e. The molecule has 6 heteroatoms. The fourth-order valence-corrected chi connectivity index (χ4v) is 1.93. The molecule has 1 heterocycles. The third-order valence-electron chi connectivity index (χ3n) is 3.19. The van der Waals surface area contributed by atoms with Crippen molar-refractivity contribution in [2.24, 2.45) is 5.92 Å². The van der Waals surface area contributed by atoms with Crippen LogP contribution in [0.25, 0.3) is 0 Å². The van der Waals surface area contributed by atoms with Crippen molar-refractivity contribution in [3.63, 3.8) is 0 Å². The first kappa shape index (κ1) is 14.9. The highest BCUT2D eigenvalue weighted by Crippen LogP contribution is 2.14. The monoisotopic (exact) mass is 257 g/mol. The topological polar surface area (TPSA) is 70.7 Å². The molecule has 0 spiro atoms. The molecule has 0 aliphatic carbocycles. The number of ether oxygens (including phenoxy) is 1. The molecule has 18 heavy (non-hydrogen) atoms. The lowest BCUT2D eigenvalue weighted by molar-refractivity contribution is -0.139. The first-order valence-electron chi connectivity index (χ1n) is 6.37. The molecule has 0 radical (unpaired) electrons.